The number of hydrogen-bond acceptors (Lipinski definition) is 7. The molecule has 0 aliphatic carbocycles. The van der Waals surface area contributed by atoms with E-state index in [0.717, 1.165) is 5.69 Å². The number of fused-ring (bicyclic) bond motifs is 1. The van der Waals surface area contributed by atoms with E-state index in [0.29, 0.717) is 21.7 Å². The number of hydrogen-bond donors (Lipinski definition) is 1. The van der Waals surface area contributed by atoms with Gasteiger partial charge in [0, 0.05) is 11.1 Å². The van der Waals surface area contributed by atoms with Gasteiger partial charge in [0.05, 0.1) is 5.69 Å². The molecule has 128 valence electrons. The number of nitrogens with zero attached hydrogens (tertiary/aromatic N) is 1. The van der Waals surface area contributed by atoms with Crippen molar-refractivity contribution >= 4 is 38.9 Å². The smallest absolute Gasteiger partial charge is 0.400 e. The normalized spacial score (nSPS) is 10.6. The minimum absolute atomic E-state index is 0.301. The van der Waals surface area contributed by atoms with Gasteiger partial charge in [-0.2, -0.15) is 4.98 Å². The van der Waals surface area contributed by atoms with Gasteiger partial charge in [-0.05, 0) is 24.3 Å². The van der Waals surface area contributed by atoms with Crippen molar-refractivity contribution in [1.29, 1.82) is 0 Å². The van der Waals surface area contributed by atoms with Crippen molar-refractivity contribution in [2.75, 3.05) is 5.32 Å². The third kappa shape index (κ3) is 3.20. The van der Waals surface area contributed by atoms with Crippen LogP contribution < -0.4 is 15.7 Å². The molecule has 0 saturated carbocycles. The second-order valence-electron chi connectivity index (χ2n) is 5.33. The van der Waals surface area contributed by atoms with Gasteiger partial charge in [0.2, 0.25) is 0 Å². The zero-order valence-corrected chi connectivity index (χ0v) is 14.2. The van der Waals surface area contributed by atoms with Crippen molar-refractivity contribution in [2.24, 2.45) is 0 Å². The number of thiophene rings is 1. The molecule has 0 amide bonds. The molecule has 4 rings (SSSR count). The zero-order chi connectivity index (χ0) is 17.9. The lowest BCUT2D eigenvalue weighted by Crippen LogP contribution is -2.14. The Labute approximate surface area is 151 Å². The van der Waals surface area contributed by atoms with E-state index in [-0.39, 0.29) is 5.89 Å². The Balaban J connectivity index is 1.65. The molecule has 0 saturated heterocycles. The van der Waals surface area contributed by atoms with Gasteiger partial charge in [0.1, 0.15) is 16.0 Å². The molecular weight excluding hydrogens is 352 g/mol. The summed E-state index contributed by atoms with van der Waals surface area (Å²) in [6, 6.07) is 17.9. The summed E-state index contributed by atoms with van der Waals surface area (Å²) in [4.78, 5) is 29.1. The molecule has 7 heteroatoms. The molecular formula is C19H12N2O4S. The number of carbonyl (C=O) groups is 1. The first-order chi connectivity index (χ1) is 12.7. The second-order valence-corrected chi connectivity index (χ2v) is 6.19. The van der Waals surface area contributed by atoms with Gasteiger partial charge >= 0.3 is 17.5 Å². The molecule has 0 bridgehead atoms. The largest absolute Gasteiger partial charge is 0.419 e. The minimum Gasteiger partial charge on any atom is -0.419 e. The molecule has 0 atom stereocenters. The maximum Gasteiger partial charge on any atom is 0.400 e. The van der Waals surface area contributed by atoms with Gasteiger partial charge in [-0.15, -0.1) is 11.3 Å². The number of para-hydroxylation sites is 2. The Morgan fingerprint density at radius 2 is 1.73 bits per heavy atom. The standard InChI is InChI=1S/C19H12N2O4S/c22-18-15-14(20-12-7-3-1-4-8-12)11-26-17(15)21-16(25-18)19(23)24-13-9-5-2-6-10-13/h1-11,20H. The Hall–Kier alpha value is -3.45. The van der Waals surface area contributed by atoms with Gasteiger partial charge in [0.15, 0.2) is 0 Å². The van der Waals surface area contributed by atoms with Crippen LogP contribution in [-0.2, 0) is 0 Å². The summed E-state index contributed by atoms with van der Waals surface area (Å²) in [5, 5.41) is 5.21. The predicted molar refractivity (Wildman–Crippen MR) is 99.3 cm³/mol. The van der Waals surface area contributed by atoms with Gasteiger partial charge in [-0.1, -0.05) is 36.4 Å². The number of benzene rings is 2. The zero-order valence-electron chi connectivity index (χ0n) is 13.3. The van der Waals surface area contributed by atoms with Crippen LogP contribution in [0.4, 0.5) is 11.4 Å². The number of ether oxygens (including phenoxy) is 1. The lowest BCUT2D eigenvalue weighted by molar-refractivity contribution is 0.0687. The summed E-state index contributed by atoms with van der Waals surface area (Å²) < 4.78 is 10.2. The van der Waals surface area contributed by atoms with E-state index in [1.165, 1.54) is 11.3 Å². The fourth-order valence-electron chi connectivity index (χ4n) is 2.38. The number of esters is 1. The fraction of sp³-hybridized carbons (Fsp3) is 0. The van der Waals surface area contributed by atoms with Crippen molar-refractivity contribution in [2.45, 2.75) is 0 Å². The van der Waals surface area contributed by atoms with Crippen LogP contribution in [0.15, 0.2) is 75.3 Å². The van der Waals surface area contributed by atoms with Crippen LogP contribution in [0.2, 0.25) is 0 Å². The van der Waals surface area contributed by atoms with E-state index in [4.69, 9.17) is 9.15 Å². The molecule has 0 aliphatic heterocycles. The van der Waals surface area contributed by atoms with Crippen LogP contribution in [0.5, 0.6) is 5.75 Å². The van der Waals surface area contributed by atoms with Gasteiger partial charge < -0.3 is 14.5 Å². The molecule has 1 N–H and O–H groups in total. The quantitative estimate of drug-likeness (QED) is 0.431. The molecule has 0 unspecified atom stereocenters. The van der Waals surface area contributed by atoms with Crippen molar-refractivity contribution in [3.05, 3.63) is 82.4 Å². The summed E-state index contributed by atoms with van der Waals surface area (Å²) in [5.41, 5.74) is 0.772. The van der Waals surface area contributed by atoms with Crippen molar-refractivity contribution in [3.8, 4) is 5.75 Å². The average molecular weight is 364 g/mol. The van der Waals surface area contributed by atoms with Gasteiger partial charge in [-0.3, -0.25) is 0 Å². The van der Waals surface area contributed by atoms with E-state index in [9.17, 15) is 9.59 Å². The molecule has 6 nitrogen and oxygen atoms in total. The Morgan fingerprint density at radius 3 is 2.46 bits per heavy atom. The summed E-state index contributed by atoms with van der Waals surface area (Å²) in [6.07, 6.45) is 0. The van der Waals surface area contributed by atoms with Crippen LogP contribution in [0, 0.1) is 0 Å². The monoisotopic (exact) mass is 364 g/mol. The molecule has 4 aromatic rings. The molecule has 0 radical (unpaired) electrons. The molecule has 2 aromatic heterocycles. The summed E-state index contributed by atoms with van der Waals surface area (Å²) >= 11 is 1.24. The Kier molecular flexibility index (Phi) is 4.20. The second kappa shape index (κ2) is 6.81. The lowest BCUT2D eigenvalue weighted by Gasteiger charge is -2.04. The highest BCUT2D eigenvalue weighted by Gasteiger charge is 2.19. The highest BCUT2D eigenvalue weighted by atomic mass is 32.1. The number of nitrogens with one attached hydrogen (secondary N) is 1. The highest BCUT2D eigenvalue weighted by Crippen LogP contribution is 2.29. The van der Waals surface area contributed by atoms with E-state index in [2.05, 4.69) is 10.3 Å². The Bertz CT molecular complexity index is 1120. The number of anilines is 2. The van der Waals surface area contributed by atoms with Crippen LogP contribution in [0.3, 0.4) is 0 Å². The average Bonchev–Trinajstić information content (AvgIpc) is 3.07. The maximum absolute atomic E-state index is 12.4. The summed E-state index contributed by atoms with van der Waals surface area (Å²) in [6.45, 7) is 0. The van der Waals surface area contributed by atoms with Crippen molar-refractivity contribution in [3.63, 3.8) is 0 Å². The third-order valence-electron chi connectivity index (χ3n) is 3.55. The van der Waals surface area contributed by atoms with Crippen LogP contribution >= 0.6 is 11.3 Å². The first-order valence-electron chi connectivity index (χ1n) is 7.72. The third-order valence-corrected chi connectivity index (χ3v) is 4.42. The summed E-state index contributed by atoms with van der Waals surface area (Å²) in [5.74, 6) is -0.847. The predicted octanol–water partition coefficient (Wildman–Crippen LogP) is 4.21. The molecule has 0 aliphatic rings. The highest BCUT2D eigenvalue weighted by molar-refractivity contribution is 7.17. The topological polar surface area (TPSA) is 81.4 Å². The first-order valence-corrected chi connectivity index (χ1v) is 8.60. The van der Waals surface area contributed by atoms with E-state index < -0.39 is 11.6 Å². The summed E-state index contributed by atoms with van der Waals surface area (Å²) in [7, 11) is 0. The van der Waals surface area contributed by atoms with E-state index in [1.54, 1.807) is 35.7 Å². The first kappa shape index (κ1) is 16.0. The van der Waals surface area contributed by atoms with Crippen LogP contribution in [0.25, 0.3) is 10.2 Å². The van der Waals surface area contributed by atoms with Crippen LogP contribution in [0.1, 0.15) is 10.7 Å². The van der Waals surface area contributed by atoms with E-state index in [1.807, 2.05) is 30.3 Å². The van der Waals surface area contributed by atoms with Gasteiger partial charge in [-0.25, -0.2) is 9.59 Å². The van der Waals surface area contributed by atoms with Crippen LogP contribution in [-0.4, -0.2) is 11.0 Å². The minimum atomic E-state index is -0.818. The Morgan fingerprint density at radius 1 is 1.04 bits per heavy atom. The number of aromatic nitrogens is 1. The molecule has 0 spiro atoms. The van der Waals surface area contributed by atoms with Crippen molar-refractivity contribution < 1.29 is 13.9 Å². The molecule has 2 aromatic carbocycles. The molecule has 0 fully saturated rings. The lowest BCUT2D eigenvalue weighted by atomic mass is 10.3. The number of carbonyl (C=O) groups excluding carboxylic acids is 1. The SMILES string of the molecule is O=C(Oc1ccccc1)c1nc2scc(Nc3ccccc3)c2c(=O)o1. The fourth-order valence-corrected chi connectivity index (χ4v) is 3.23. The number of rotatable bonds is 4. The maximum atomic E-state index is 12.4. The van der Waals surface area contributed by atoms with Crippen molar-refractivity contribution in [1.82, 2.24) is 4.98 Å². The van der Waals surface area contributed by atoms with E-state index >= 15 is 0 Å². The molecule has 2 heterocycles. The molecule has 26 heavy (non-hydrogen) atoms. The van der Waals surface area contributed by atoms with Gasteiger partial charge in [0.25, 0.3) is 0 Å².